The summed E-state index contributed by atoms with van der Waals surface area (Å²) in [5.41, 5.74) is 1.96. The highest BCUT2D eigenvalue weighted by Crippen LogP contribution is 2.66. The van der Waals surface area contributed by atoms with Gasteiger partial charge in [0.1, 0.15) is 11.6 Å². The van der Waals surface area contributed by atoms with Gasteiger partial charge in [0, 0.05) is 57.4 Å². The van der Waals surface area contributed by atoms with Crippen molar-refractivity contribution in [1.29, 1.82) is 0 Å². The number of fused-ring (bicyclic) bond motifs is 6. The minimum absolute atomic E-state index is 0.0868. The molecule has 1 aliphatic heterocycles. The second-order valence-electron chi connectivity index (χ2n) is 17.6. The van der Waals surface area contributed by atoms with E-state index in [-0.39, 0.29) is 17.0 Å². The predicted molar refractivity (Wildman–Crippen MR) is 204 cm³/mol. The molecule has 5 aliphatic rings. The second-order valence-corrected chi connectivity index (χ2v) is 17.6. The van der Waals surface area contributed by atoms with Gasteiger partial charge in [-0.15, -0.1) is 0 Å². The molecule has 1 N–H and O–H groups in total. The zero-order valence-corrected chi connectivity index (χ0v) is 31.7. The van der Waals surface area contributed by atoms with Crippen molar-refractivity contribution in [3.05, 3.63) is 75.5 Å². The molecule has 2 aromatic carbocycles. The Hall–Kier alpha value is -3.43. The summed E-state index contributed by atoms with van der Waals surface area (Å²) < 4.78 is 21.7. The first-order valence-electron chi connectivity index (χ1n) is 20.5. The van der Waals surface area contributed by atoms with Crippen LogP contribution in [0.25, 0.3) is 10.8 Å². The number of hydrogen-bond donors (Lipinski definition) is 1. The van der Waals surface area contributed by atoms with E-state index in [2.05, 4.69) is 28.9 Å². The van der Waals surface area contributed by atoms with Gasteiger partial charge in [-0.3, -0.25) is 19.3 Å². The molecule has 4 aliphatic carbocycles. The van der Waals surface area contributed by atoms with E-state index in [1.54, 1.807) is 23.1 Å². The number of aromatic amines is 1. The van der Waals surface area contributed by atoms with Crippen LogP contribution in [0, 0.1) is 40.3 Å². The number of carbonyl (C=O) groups excluding carboxylic acids is 2. The van der Waals surface area contributed by atoms with Crippen molar-refractivity contribution in [2.24, 2.45) is 34.5 Å². The lowest BCUT2D eigenvalue weighted by Crippen LogP contribution is -2.54. The molecule has 1 saturated heterocycles. The Bertz CT molecular complexity index is 1890. The molecule has 3 aromatic rings. The zero-order chi connectivity index (χ0) is 36.7. The second kappa shape index (κ2) is 15.0. The number of carbonyl (C=O) groups is 2. The molecule has 8 rings (SSSR count). The smallest absolute Gasteiger partial charge is 0.272 e. The zero-order valence-electron chi connectivity index (χ0n) is 31.7. The summed E-state index contributed by atoms with van der Waals surface area (Å²) in [4.78, 5) is 42.1. The number of ether oxygens (including phenoxy) is 1. The highest BCUT2D eigenvalue weighted by molar-refractivity contribution is 5.95. The lowest BCUT2D eigenvalue weighted by molar-refractivity contribution is -0.145. The normalized spacial score (nSPS) is 31.6. The minimum Gasteiger partial charge on any atom is -0.378 e. The van der Waals surface area contributed by atoms with Crippen LogP contribution in [-0.4, -0.2) is 77.1 Å². The van der Waals surface area contributed by atoms with Crippen molar-refractivity contribution in [3.63, 3.8) is 0 Å². The maximum atomic E-state index is 15.0. The molecule has 53 heavy (non-hydrogen) atoms. The Morgan fingerprint density at radius 1 is 0.906 bits per heavy atom. The van der Waals surface area contributed by atoms with E-state index in [9.17, 15) is 18.8 Å². The maximum Gasteiger partial charge on any atom is 0.272 e. The quantitative estimate of drug-likeness (QED) is 0.217. The molecular weight excluding hydrogens is 668 g/mol. The first-order valence-corrected chi connectivity index (χ1v) is 20.5. The van der Waals surface area contributed by atoms with Crippen molar-refractivity contribution in [2.75, 3.05) is 39.3 Å². The van der Waals surface area contributed by atoms with Crippen LogP contribution in [-0.2, 0) is 16.0 Å². The molecule has 1 aromatic heterocycles. The van der Waals surface area contributed by atoms with Crippen LogP contribution in [0.3, 0.4) is 0 Å². The molecule has 9 heteroatoms. The highest BCUT2D eigenvalue weighted by atomic mass is 19.1. The van der Waals surface area contributed by atoms with Gasteiger partial charge >= 0.3 is 0 Å². The van der Waals surface area contributed by atoms with Crippen molar-refractivity contribution < 1.29 is 18.7 Å². The third kappa shape index (κ3) is 7.01. The molecule has 1 amide bonds. The number of nitrogens with zero attached hydrogens (tertiary/aromatic N) is 3. The van der Waals surface area contributed by atoms with Gasteiger partial charge < -0.3 is 9.64 Å². The Morgan fingerprint density at radius 2 is 1.70 bits per heavy atom. The number of aromatic nitrogens is 2. The molecule has 0 unspecified atom stereocenters. The largest absolute Gasteiger partial charge is 0.378 e. The Kier molecular flexibility index (Phi) is 10.3. The first kappa shape index (κ1) is 36.5. The minimum atomic E-state index is -0.517. The van der Waals surface area contributed by atoms with Gasteiger partial charge in [0.05, 0.1) is 22.7 Å². The van der Waals surface area contributed by atoms with E-state index >= 15 is 0 Å². The van der Waals surface area contributed by atoms with Gasteiger partial charge in [-0.2, -0.15) is 5.10 Å². The number of rotatable bonds is 10. The van der Waals surface area contributed by atoms with E-state index in [1.165, 1.54) is 44.6 Å². The number of nitrogens with one attached hydrogen (secondary N) is 1. The predicted octanol–water partition coefficient (Wildman–Crippen LogP) is 7.58. The van der Waals surface area contributed by atoms with Crippen LogP contribution in [0.5, 0.6) is 0 Å². The number of Topliss-reactive ketones (excluding diaryl/α,β-unsaturated/α-hetero) is 1. The molecule has 8 nitrogen and oxygen atoms in total. The Labute approximate surface area is 313 Å². The fraction of sp³-hybridized carbons (Fsp3) is 0.636. The van der Waals surface area contributed by atoms with Crippen LogP contribution >= 0.6 is 0 Å². The Morgan fingerprint density at radius 3 is 2.53 bits per heavy atom. The lowest BCUT2D eigenvalue weighted by atomic mass is 9.45. The maximum absolute atomic E-state index is 15.0. The number of amides is 1. The van der Waals surface area contributed by atoms with Gasteiger partial charge in [-0.05, 0) is 129 Å². The summed E-state index contributed by atoms with van der Waals surface area (Å²) in [6, 6.07) is 12.0. The third-order valence-electron chi connectivity index (χ3n) is 14.9. The summed E-state index contributed by atoms with van der Waals surface area (Å²) >= 11 is 0. The fourth-order valence-electron chi connectivity index (χ4n) is 11.8. The van der Waals surface area contributed by atoms with Crippen LogP contribution in [0.2, 0.25) is 0 Å². The first-order chi connectivity index (χ1) is 25.6. The van der Waals surface area contributed by atoms with Crippen LogP contribution in [0.4, 0.5) is 4.39 Å². The number of unbranched alkanes of at least 4 members (excludes halogenated alkanes) is 2. The summed E-state index contributed by atoms with van der Waals surface area (Å²) in [7, 11) is 0. The van der Waals surface area contributed by atoms with E-state index in [4.69, 9.17) is 4.74 Å². The molecule has 0 radical (unpaired) electrons. The molecule has 7 atom stereocenters. The number of halogens is 1. The van der Waals surface area contributed by atoms with Gasteiger partial charge in [0.2, 0.25) is 0 Å². The number of H-pyrrole nitrogens is 1. The number of hydrogen-bond acceptors (Lipinski definition) is 6. The SMILES string of the molecule is C[C@]12CCC(=O)C[C@@H]1CC[C@@H]1[C@@H]2CC[C@]2(C)[C@@H](OCCCCCN3CCN(C(=O)c4cc(Cc5n[nH]c(=O)c6ccccc56)ccc4F)CC3)CC[C@@H]12. The van der Waals surface area contributed by atoms with Gasteiger partial charge in [0.25, 0.3) is 11.5 Å². The molecule has 0 spiro atoms. The lowest BCUT2D eigenvalue weighted by Gasteiger charge is -2.60. The summed E-state index contributed by atoms with van der Waals surface area (Å²) in [5.74, 6) is 2.69. The van der Waals surface area contributed by atoms with Gasteiger partial charge in [0.15, 0.2) is 0 Å². The summed E-state index contributed by atoms with van der Waals surface area (Å²) in [6.45, 7) is 9.65. The van der Waals surface area contributed by atoms with Crippen LogP contribution in [0.1, 0.15) is 113 Å². The highest BCUT2D eigenvalue weighted by Gasteiger charge is 2.60. The third-order valence-corrected chi connectivity index (χ3v) is 14.9. The van der Waals surface area contributed by atoms with E-state index in [0.29, 0.717) is 59.2 Å². The standard InChI is InChI=1S/C44H57FN4O4/c1-43-18-16-31(50)28-30(43)11-12-34-36-13-15-40(44(36,2)19-17-37(34)43)53-25-7-3-6-20-48-21-23-49(24-22-48)42(52)35-26-29(10-14-38(35)45)27-39-32-8-4-5-9-33(32)41(51)47-46-39/h4-5,8-10,14,26,30,34,36-37,40H,3,6-7,11-13,15-25,27-28H2,1-2H3,(H,47,51)/t30-,34-,36-,37-,40-,43-,44-/m0/s1. The number of piperazine rings is 1. The van der Waals surface area contributed by atoms with Gasteiger partial charge in [-0.25, -0.2) is 9.49 Å². The van der Waals surface area contributed by atoms with Crippen LogP contribution < -0.4 is 5.56 Å². The van der Waals surface area contributed by atoms with E-state index < -0.39 is 5.82 Å². The average Bonchev–Trinajstić information content (AvgIpc) is 3.51. The molecule has 2 heterocycles. The van der Waals surface area contributed by atoms with Crippen molar-refractivity contribution in [2.45, 2.75) is 103 Å². The number of ketones is 1. The van der Waals surface area contributed by atoms with Crippen LogP contribution in [0.15, 0.2) is 47.3 Å². The molecule has 5 fully saturated rings. The topological polar surface area (TPSA) is 95.6 Å². The molecular formula is C44H57FN4O4. The number of benzene rings is 2. The summed E-state index contributed by atoms with van der Waals surface area (Å²) in [6.07, 6.45) is 14.5. The van der Waals surface area contributed by atoms with Crippen molar-refractivity contribution in [3.8, 4) is 0 Å². The van der Waals surface area contributed by atoms with Gasteiger partial charge in [-0.1, -0.05) is 38.1 Å². The average molecular weight is 725 g/mol. The monoisotopic (exact) mass is 724 g/mol. The molecule has 284 valence electrons. The molecule has 0 bridgehead atoms. The van der Waals surface area contributed by atoms with Crippen molar-refractivity contribution >= 4 is 22.5 Å². The van der Waals surface area contributed by atoms with E-state index in [0.717, 1.165) is 93.5 Å². The summed E-state index contributed by atoms with van der Waals surface area (Å²) in [5, 5.41) is 8.12. The Balaban J connectivity index is 0.764. The van der Waals surface area contributed by atoms with E-state index in [1.807, 2.05) is 18.2 Å². The fourth-order valence-corrected chi connectivity index (χ4v) is 11.8. The van der Waals surface area contributed by atoms with Crippen molar-refractivity contribution in [1.82, 2.24) is 20.0 Å². The molecule has 4 saturated carbocycles.